The number of nitrogens with zero attached hydrogens (tertiary/aromatic N) is 1. The van der Waals surface area contributed by atoms with Gasteiger partial charge in [0.05, 0.1) is 13.2 Å². The summed E-state index contributed by atoms with van der Waals surface area (Å²) in [5, 5.41) is 0. The van der Waals surface area contributed by atoms with Crippen molar-refractivity contribution < 1.29 is 23.9 Å². The molecule has 1 heterocycles. The third-order valence-electron chi connectivity index (χ3n) is 3.65. The van der Waals surface area contributed by atoms with Gasteiger partial charge in [0.15, 0.2) is 5.78 Å². The molecule has 1 saturated heterocycles. The van der Waals surface area contributed by atoms with Gasteiger partial charge in [-0.25, -0.2) is 0 Å². The molecule has 1 rings (SSSR count). The van der Waals surface area contributed by atoms with Gasteiger partial charge in [-0.05, 0) is 26.2 Å². The first-order valence-corrected chi connectivity index (χ1v) is 7.05. The molecule has 0 bridgehead atoms. The number of rotatable bonds is 5. The Morgan fingerprint density at radius 2 is 1.67 bits per heavy atom. The molecular weight excluding hydrogens is 274 g/mol. The van der Waals surface area contributed by atoms with Crippen LogP contribution in [0.1, 0.15) is 47.5 Å². The first-order chi connectivity index (χ1) is 9.51. The normalized spacial score (nSPS) is 18.6. The maximum atomic E-state index is 12.3. The van der Waals surface area contributed by atoms with E-state index in [1.165, 1.54) is 13.8 Å². The Kier molecular flexibility index (Phi) is 4.91. The SMILES string of the molecule is CCOC(=O)C(C)(C)C(=O)CN1C(=O)CC(C)(C)CC1=O. The Balaban J connectivity index is 2.81. The molecule has 0 N–H and O–H groups in total. The van der Waals surface area contributed by atoms with E-state index in [-0.39, 0.29) is 43.2 Å². The number of hydrogen-bond acceptors (Lipinski definition) is 5. The molecule has 118 valence electrons. The average molecular weight is 297 g/mol. The molecule has 21 heavy (non-hydrogen) atoms. The predicted octanol–water partition coefficient (Wildman–Crippen LogP) is 1.32. The molecule has 0 saturated carbocycles. The lowest BCUT2D eigenvalue weighted by Crippen LogP contribution is -2.51. The van der Waals surface area contributed by atoms with Crippen molar-refractivity contribution in [2.24, 2.45) is 10.8 Å². The van der Waals surface area contributed by atoms with E-state index in [1.807, 2.05) is 13.8 Å². The number of esters is 1. The molecule has 0 spiro atoms. The van der Waals surface area contributed by atoms with E-state index in [9.17, 15) is 19.2 Å². The molecule has 6 nitrogen and oxygen atoms in total. The molecule has 0 radical (unpaired) electrons. The lowest BCUT2D eigenvalue weighted by molar-refractivity contribution is -0.162. The van der Waals surface area contributed by atoms with Crippen LogP contribution in [0.15, 0.2) is 0 Å². The number of amides is 2. The Morgan fingerprint density at radius 1 is 1.19 bits per heavy atom. The second kappa shape index (κ2) is 5.95. The van der Waals surface area contributed by atoms with Crippen LogP contribution in [-0.2, 0) is 23.9 Å². The average Bonchev–Trinajstić information content (AvgIpc) is 2.32. The fourth-order valence-corrected chi connectivity index (χ4v) is 2.15. The highest BCUT2D eigenvalue weighted by Gasteiger charge is 2.43. The van der Waals surface area contributed by atoms with Crippen molar-refractivity contribution in [3.8, 4) is 0 Å². The molecular formula is C15H23NO5. The number of piperidine rings is 1. The minimum atomic E-state index is -1.37. The first kappa shape index (κ1) is 17.3. The van der Waals surface area contributed by atoms with Crippen LogP contribution in [0.25, 0.3) is 0 Å². The molecule has 0 aromatic rings. The number of likely N-dealkylation sites (tertiary alicyclic amines) is 1. The van der Waals surface area contributed by atoms with Crippen LogP contribution >= 0.6 is 0 Å². The number of ether oxygens (including phenoxy) is 1. The van der Waals surface area contributed by atoms with Crippen molar-refractivity contribution in [1.82, 2.24) is 4.90 Å². The van der Waals surface area contributed by atoms with Crippen LogP contribution in [-0.4, -0.2) is 41.6 Å². The molecule has 0 aromatic heterocycles. The number of hydrogen-bond donors (Lipinski definition) is 0. The monoisotopic (exact) mass is 297 g/mol. The lowest BCUT2D eigenvalue weighted by Gasteiger charge is -2.35. The largest absolute Gasteiger partial charge is 0.465 e. The highest BCUT2D eigenvalue weighted by atomic mass is 16.5. The minimum absolute atomic E-state index is 0.172. The summed E-state index contributed by atoms with van der Waals surface area (Å²) in [7, 11) is 0. The van der Waals surface area contributed by atoms with Gasteiger partial charge in [-0.3, -0.25) is 24.1 Å². The topological polar surface area (TPSA) is 80.8 Å². The van der Waals surface area contributed by atoms with Crippen LogP contribution < -0.4 is 0 Å². The Morgan fingerprint density at radius 3 is 2.10 bits per heavy atom. The van der Waals surface area contributed by atoms with Gasteiger partial charge in [0.25, 0.3) is 0 Å². The van der Waals surface area contributed by atoms with E-state index in [4.69, 9.17) is 4.74 Å². The second-order valence-corrected chi connectivity index (χ2v) is 6.66. The zero-order valence-electron chi connectivity index (χ0n) is 13.3. The Bertz CT molecular complexity index is 458. The highest BCUT2D eigenvalue weighted by Crippen LogP contribution is 2.32. The molecule has 1 fully saturated rings. The second-order valence-electron chi connectivity index (χ2n) is 6.66. The molecule has 2 amide bonds. The van der Waals surface area contributed by atoms with Crippen LogP contribution in [0, 0.1) is 10.8 Å². The summed E-state index contributed by atoms with van der Waals surface area (Å²) in [6, 6.07) is 0. The molecule has 0 aliphatic carbocycles. The summed E-state index contributed by atoms with van der Waals surface area (Å²) >= 11 is 0. The van der Waals surface area contributed by atoms with Crippen molar-refractivity contribution in [3.05, 3.63) is 0 Å². The van der Waals surface area contributed by atoms with E-state index in [2.05, 4.69) is 0 Å². The van der Waals surface area contributed by atoms with Crippen molar-refractivity contribution in [3.63, 3.8) is 0 Å². The van der Waals surface area contributed by atoms with Crippen molar-refractivity contribution >= 4 is 23.6 Å². The van der Waals surface area contributed by atoms with E-state index >= 15 is 0 Å². The van der Waals surface area contributed by atoms with Gasteiger partial charge in [0, 0.05) is 12.8 Å². The molecule has 0 unspecified atom stereocenters. The minimum Gasteiger partial charge on any atom is -0.465 e. The molecule has 0 atom stereocenters. The molecule has 1 aliphatic rings. The molecule has 1 aliphatic heterocycles. The van der Waals surface area contributed by atoms with Gasteiger partial charge in [0.2, 0.25) is 11.8 Å². The molecule has 6 heteroatoms. The Hall–Kier alpha value is -1.72. The number of Topliss-reactive ketones (excluding diaryl/α,β-unsaturated/α-hetero) is 1. The maximum absolute atomic E-state index is 12.3. The van der Waals surface area contributed by atoms with Gasteiger partial charge >= 0.3 is 5.97 Å². The van der Waals surface area contributed by atoms with Crippen LogP contribution in [0.4, 0.5) is 0 Å². The van der Waals surface area contributed by atoms with Crippen molar-refractivity contribution in [2.75, 3.05) is 13.2 Å². The van der Waals surface area contributed by atoms with E-state index in [0.717, 1.165) is 4.90 Å². The zero-order valence-corrected chi connectivity index (χ0v) is 13.3. The van der Waals surface area contributed by atoms with Crippen LogP contribution in [0.3, 0.4) is 0 Å². The zero-order chi connectivity index (χ0) is 16.4. The first-order valence-electron chi connectivity index (χ1n) is 7.05. The summed E-state index contributed by atoms with van der Waals surface area (Å²) in [6.45, 7) is 8.00. The van der Waals surface area contributed by atoms with Gasteiger partial charge < -0.3 is 4.74 Å². The maximum Gasteiger partial charge on any atom is 0.319 e. The third-order valence-corrected chi connectivity index (χ3v) is 3.65. The van der Waals surface area contributed by atoms with E-state index < -0.39 is 17.2 Å². The number of imide groups is 1. The van der Waals surface area contributed by atoms with Gasteiger partial charge in [-0.15, -0.1) is 0 Å². The summed E-state index contributed by atoms with van der Waals surface area (Å²) in [4.78, 5) is 49.0. The fraction of sp³-hybridized carbons (Fsp3) is 0.733. The van der Waals surface area contributed by atoms with Gasteiger partial charge in [0.1, 0.15) is 5.41 Å². The predicted molar refractivity (Wildman–Crippen MR) is 75.2 cm³/mol. The van der Waals surface area contributed by atoms with Crippen molar-refractivity contribution in [1.29, 1.82) is 0 Å². The smallest absolute Gasteiger partial charge is 0.319 e. The highest BCUT2D eigenvalue weighted by molar-refractivity contribution is 6.08. The van der Waals surface area contributed by atoms with Crippen LogP contribution in [0.2, 0.25) is 0 Å². The van der Waals surface area contributed by atoms with E-state index in [0.29, 0.717) is 0 Å². The summed E-state index contributed by atoms with van der Waals surface area (Å²) in [5.41, 5.74) is -1.76. The Labute approximate surface area is 124 Å². The fourth-order valence-electron chi connectivity index (χ4n) is 2.15. The summed E-state index contributed by atoms with van der Waals surface area (Å²) in [6.07, 6.45) is 0.428. The van der Waals surface area contributed by atoms with Gasteiger partial charge in [-0.1, -0.05) is 13.8 Å². The summed E-state index contributed by atoms with van der Waals surface area (Å²) < 4.78 is 4.86. The number of carbonyl (C=O) groups excluding carboxylic acids is 4. The van der Waals surface area contributed by atoms with Crippen LogP contribution in [0.5, 0.6) is 0 Å². The van der Waals surface area contributed by atoms with Gasteiger partial charge in [-0.2, -0.15) is 0 Å². The summed E-state index contributed by atoms with van der Waals surface area (Å²) in [5.74, 6) is -1.89. The third kappa shape index (κ3) is 3.89. The number of carbonyl (C=O) groups is 4. The quantitative estimate of drug-likeness (QED) is 0.434. The molecule has 0 aromatic carbocycles. The lowest BCUT2D eigenvalue weighted by atomic mass is 9.81. The standard InChI is InChI=1S/C15H23NO5/c1-6-21-13(20)15(4,5)10(17)9-16-11(18)7-14(2,3)8-12(16)19/h6-9H2,1-5H3. The van der Waals surface area contributed by atoms with E-state index in [1.54, 1.807) is 6.92 Å². The van der Waals surface area contributed by atoms with Crippen molar-refractivity contribution in [2.45, 2.75) is 47.5 Å². The number of ketones is 1.